The molecule has 0 bridgehead atoms. The molecule has 2 aromatic heterocycles. The number of thiophene rings is 1. The zero-order chi connectivity index (χ0) is 24.5. The smallest absolute Gasteiger partial charge is 0.430 e. The summed E-state index contributed by atoms with van der Waals surface area (Å²) >= 11 is 1.55. The van der Waals surface area contributed by atoms with Gasteiger partial charge < -0.3 is 29.2 Å². The van der Waals surface area contributed by atoms with E-state index in [0.717, 1.165) is 5.56 Å². The number of nitrogens with zero attached hydrogens (tertiary/aromatic N) is 1. The number of rotatable bonds is 6. The Hall–Kier alpha value is -3.30. The highest BCUT2D eigenvalue weighted by molar-refractivity contribution is 7.08. The molecule has 0 saturated carbocycles. The summed E-state index contributed by atoms with van der Waals surface area (Å²) in [6.07, 6.45) is -5.34. The minimum absolute atomic E-state index is 0.117. The van der Waals surface area contributed by atoms with Crippen LogP contribution in [0.25, 0.3) is 0 Å². The van der Waals surface area contributed by atoms with E-state index >= 15 is 0 Å². The topological polar surface area (TPSA) is 120 Å². The van der Waals surface area contributed by atoms with Gasteiger partial charge in [0.15, 0.2) is 11.5 Å². The summed E-state index contributed by atoms with van der Waals surface area (Å²) in [5.41, 5.74) is 0.886. The second-order valence-electron chi connectivity index (χ2n) is 7.45. The number of quaternary nitrogens is 1. The van der Waals surface area contributed by atoms with Crippen molar-refractivity contribution in [1.82, 2.24) is 5.32 Å². The Labute approximate surface area is 185 Å². The van der Waals surface area contributed by atoms with Gasteiger partial charge in [-0.2, -0.15) is 24.5 Å². The summed E-state index contributed by atoms with van der Waals surface area (Å²) in [4.78, 5) is 32.1. The van der Waals surface area contributed by atoms with Crippen LogP contribution in [0.4, 0.5) is 13.2 Å². The summed E-state index contributed by atoms with van der Waals surface area (Å²) < 4.78 is 37.5. The van der Waals surface area contributed by atoms with Crippen LogP contribution in [0.3, 0.4) is 0 Å². The molecule has 0 radical (unpaired) electrons. The first-order chi connectivity index (χ1) is 14.7. The second-order valence-corrected chi connectivity index (χ2v) is 8.23. The highest BCUT2D eigenvalue weighted by Crippen LogP contribution is 2.12. The lowest BCUT2D eigenvalue weighted by Crippen LogP contribution is -2.49. The molecule has 2 N–H and O–H groups in total. The highest BCUT2D eigenvalue weighted by atomic mass is 32.1. The molecule has 12 heteroatoms. The number of carbonyl (C=O) groups is 3. The van der Waals surface area contributed by atoms with Crippen molar-refractivity contribution in [3.63, 3.8) is 0 Å². The third-order valence-corrected chi connectivity index (χ3v) is 4.12. The quantitative estimate of drug-likeness (QED) is 0.482. The molecule has 0 fully saturated rings. The second kappa shape index (κ2) is 11.4. The number of carboxylic acids is 2. The molecular formula is C20H21F3N2O6S. The molecule has 0 aliphatic rings. The van der Waals surface area contributed by atoms with Gasteiger partial charge in [0, 0.05) is 10.9 Å². The maximum Gasteiger partial charge on any atom is 0.430 e. The number of amides is 1. The lowest BCUT2D eigenvalue weighted by molar-refractivity contribution is -0.871. The highest BCUT2D eigenvalue weighted by Gasteiger charge is 2.29. The van der Waals surface area contributed by atoms with Crippen molar-refractivity contribution in [3.8, 4) is 11.8 Å². The zero-order valence-electron chi connectivity index (χ0n) is 17.4. The Kier molecular flexibility index (Phi) is 9.49. The zero-order valence-corrected chi connectivity index (χ0v) is 18.2. The van der Waals surface area contributed by atoms with Gasteiger partial charge in [0.1, 0.15) is 5.97 Å². The van der Waals surface area contributed by atoms with Crippen LogP contribution in [-0.4, -0.2) is 67.3 Å². The molecule has 1 amide bonds. The first-order valence-corrected chi connectivity index (χ1v) is 9.87. The number of hydrogen-bond acceptors (Lipinski definition) is 6. The van der Waals surface area contributed by atoms with Crippen LogP contribution in [0, 0.1) is 11.8 Å². The van der Waals surface area contributed by atoms with Gasteiger partial charge in [0.2, 0.25) is 0 Å². The Bertz CT molecular complexity index is 982. The minimum Gasteiger partial charge on any atom is -0.542 e. The molecule has 0 aliphatic carbocycles. The van der Waals surface area contributed by atoms with E-state index in [2.05, 4.69) is 17.2 Å². The number of carboxylic acid groups (broad SMARTS) is 2. The first-order valence-electron chi connectivity index (χ1n) is 8.92. The van der Waals surface area contributed by atoms with Crippen molar-refractivity contribution >= 4 is 29.2 Å². The SMILES string of the molecule is C[N+](C)(C)CC(CC(=O)O)NC(=O)c1ccc(C#Cc2ccsc2)o1.O=C([O-])C(F)(F)F. The van der Waals surface area contributed by atoms with E-state index in [1.807, 2.05) is 38.0 Å². The average Bonchev–Trinajstić information content (AvgIpc) is 3.29. The maximum absolute atomic E-state index is 12.3. The molecule has 0 saturated heterocycles. The fourth-order valence-electron chi connectivity index (χ4n) is 2.29. The average molecular weight is 474 g/mol. The van der Waals surface area contributed by atoms with Gasteiger partial charge in [-0.05, 0) is 29.5 Å². The van der Waals surface area contributed by atoms with E-state index in [4.69, 9.17) is 19.4 Å². The molecule has 1 atom stereocenters. The van der Waals surface area contributed by atoms with Crippen LogP contribution in [0.2, 0.25) is 0 Å². The molecule has 174 valence electrons. The Morgan fingerprint density at radius 1 is 1.22 bits per heavy atom. The van der Waals surface area contributed by atoms with Gasteiger partial charge in [-0.15, -0.1) is 0 Å². The molecule has 0 aromatic carbocycles. The predicted molar refractivity (Wildman–Crippen MR) is 106 cm³/mol. The van der Waals surface area contributed by atoms with Crippen LogP contribution < -0.4 is 10.4 Å². The first kappa shape index (κ1) is 26.7. The molecule has 0 spiro atoms. The summed E-state index contributed by atoms with van der Waals surface area (Å²) in [5, 5.41) is 24.4. The molecule has 2 heterocycles. The Morgan fingerprint density at radius 3 is 2.31 bits per heavy atom. The van der Waals surface area contributed by atoms with Gasteiger partial charge in [-0.25, -0.2) is 0 Å². The van der Waals surface area contributed by atoms with E-state index in [9.17, 15) is 22.8 Å². The number of nitrogens with one attached hydrogen (secondary N) is 1. The summed E-state index contributed by atoms with van der Waals surface area (Å²) in [7, 11) is 5.81. The molecule has 2 rings (SSSR count). The summed E-state index contributed by atoms with van der Waals surface area (Å²) in [6, 6.07) is 4.57. The van der Waals surface area contributed by atoms with Gasteiger partial charge >= 0.3 is 12.1 Å². The van der Waals surface area contributed by atoms with E-state index in [0.29, 0.717) is 16.8 Å². The molecule has 0 aliphatic heterocycles. The molecule has 2 aromatic rings. The van der Waals surface area contributed by atoms with E-state index in [1.165, 1.54) is 6.07 Å². The monoisotopic (exact) mass is 474 g/mol. The number of hydrogen-bond donors (Lipinski definition) is 2. The fraction of sp³-hybridized carbons (Fsp3) is 0.350. The van der Waals surface area contributed by atoms with Crippen molar-refractivity contribution in [2.45, 2.75) is 18.6 Å². The van der Waals surface area contributed by atoms with Crippen LogP contribution in [-0.2, 0) is 9.59 Å². The Morgan fingerprint density at radius 2 is 1.84 bits per heavy atom. The summed E-state index contributed by atoms with van der Waals surface area (Å²) in [6.45, 7) is 0.490. The largest absolute Gasteiger partial charge is 0.542 e. The maximum atomic E-state index is 12.3. The fourth-order valence-corrected chi connectivity index (χ4v) is 2.87. The van der Waals surface area contributed by atoms with Gasteiger partial charge in [-0.3, -0.25) is 9.59 Å². The van der Waals surface area contributed by atoms with Crippen molar-refractivity contribution in [2.24, 2.45) is 0 Å². The van der Waals surface area contributed by atoms with Crippen molar-refractivity contribution in [3.05, 3.63) is 46.0 Å². The van der Waals surface area contributed by atoms with Crippen LogP contribution >= 0.6 is 11.3 Å². The molecular weight excluding hydrogens is 453 g/mol. The lowest BCUT2D eigenvalue weighted by atomic mass is 10.2. The normalized spacial score (nSPS) is 11.9. The van der Waals surface area contributed by atoms with Gasteiger partial charge in [-0.1, -0.05) is 5.92 Å². The molecule has 8 nitrogen and oxygen atoms in total. The van der Waals surface area contributed by atoms with Crippen molar-refractivity contribution in [1.29, 1.82) is 0 Å². The number of likely N-dealkylation sites (N-methyl/N-ethyl adjacent to an activating group) is 1. The third kappa shape index (κ3) is 10.6. The third-order valence-electron chi connectivity index (χ3n) is 3.44. The van der Waals surface area contributed by atoms with Crippen LogP contribution in [0.5, 0.6) is 0 Å². The van der Waals surface area contributed by atoms with Crippen LogP contribution in [0.1, 0.15) is 28.3 Å². The van der Waals surface area contributed by atoms with E-state index in [1.54, 1.807) is 17.4 Å². The predicted octanol–water partition coefficient (Wildman–Crippen LogP) is 1.32. The van der Waals surface area contributed by atoms with E-state index in [-0.39, 0.29) is 12.2 Å². The number of aliphatic carboxylic acids is 2. The number of furan rings is 1. The number of alkyl halides is 3. The number of carbonyl (C=O) groups excluding carboxylic acids is 2. The van der Waals surface area contributed by atoms with Crippen molar-refractivity contribution in [2.75, 3.05) is 27.7 Å². The van der Waals surface area contributed by atoms with Crippen molar-refractivity contribution < 1.29 is 46.7 Å². The van der Waals surface area contributed by atoms with Gasteiger partial charge in [0.25, 0.3) is 5.91 Å². The van der Waals surface area contributed by atoms with E-state index < -0.39 is 30.1 Å². The van der Waals surface area contributed by atoms with Crippen LogP contribution in [0.15, 0.2) is 33.4 Å². The molecule has 1 unspecified atom stereocenters. The van der Waals surface area contributed by atoms with Gasteiger partial charge in [0.05, 0.1) is 40.2 Å². The lowest BCUT2D eigenvalue weighted by Gasteiger charge is -2.28. The minimum atomic E-state index is -5.19. The standard InChI is InChI=1S/C18H20N2O4S.C2HF3O2/c1-20(2,3)11-14(10-17(21)22)19-18(23)16-7-6-15(24-16)5-4-13-8-9-25-12-13;3-2(4,5)1(6)7/h6-9,12,14H,10-11H2,1-3H3,(H-,19,21,22,23);(H,6,7). The number of halogens is 3. The summed E-state index contributed by atoms with van der Waals surface area (Å²) in [5.74, 6) is 1.90. The Balaban J connectivity index is 0.000000633. The molecule has 32 heavy (non-hydrogen) atoms.